The lowest BCUT2D eigenvalue weighted by Gasteiger charge is -2.15. The molecule has 0 saturated carbocycles. The summed E-state index contributed by atoms with van der Waals surface area (Å²) in [7, 11) is 0. The molecule has 2 N–H and O–H groups in total. The monoisotopic (exact) mass is 352 g/mol. The molecule has 0 aromatic carbocycles. The predicted octanol–water partition coefficient (Wildman–Crippen LogP) is 2.36. The topological polar surface area (TPSA) is 80.8 Å². The summed E-state index contributed by atoms with van der Waals surface area (Å²) in [5.74, 6) is 0.904. The number of anilines is 2. The van der Waals surface area contributed by atoms with Gasteiger partial charge in [0.25, 0.3) is 0 Å². The molecule has 0 bridgehead atoms. The molecule has 0 aliphatic carbocycles. The number of halogens is 1. The maximum absolute atomic E-state index is 5.78. The van der Waals surface area contributed by atoms with Gasteiger partial charge in [-0.05, 0) is 52.7 Å². The van der Waals surface area contributed by atoms with Crippen molar-refractivity contribution in [2.45, 2.75) is 23.0 Å². The first kappa shape index (κ1) is 13.6. The van der Waals surface area contributed by atoms with Crippen LogP contribution in [0.15, 0.2) is 33.0 Å². The molecule has 2 aromatic rings. The van der Waals surface area contributed by atoms with Crippen LogP contribution in [-0.4, -0.2) is 33.0 Å². The van der Waals surface area contributed by atoms with Crippen molar-refractivity contribution in [2.75, 3.05) is 23.7 Å². The second-order valence-electron chi connectivity index (χ2n) is 4.36. The number of hydrogen-bond acceptors (Lipinski definition) is 7. The molecule has 0 amide bonds. The van der Waals surface area contributed by atoms with E-state index in [1.54, 1.807) is 6.20 Å². The Bertz CT molecular complexity index is 617. The molecule has 2 aromatic heterocycles. The molecule has 1 aliphatic rings. The summed E-state index contributed by atoms with van der Waals surface area (Å²) in [6.45, 7) is 1.95. The van der Waals surface area contributed by atoms with E-state index < -0.39 is 0 Å². The molecule has 3 rings (SSSR count). The van der Waals surface area contributed by atoms with E-state index in [-0.39, 0.29) is 5.95 Å². The van der Waals surface area contributed by atoms with Crippen LogP contribution in [0.4, 0.5) is 11.9 Å². The SMILES string of the molecule is Nc1nc(Sc2ncccc2Br)nc(N2CCCC2)n1. The van der Waals surface area contributed by atoms with Gasteiger partial charge < -0.3 is 10.6 Å². The Morgan fingerprint density at radius 1 is 1.20 bits per heavy atom. The van der Waals surface area contributed by atoms with Gasteiger partial charge in [0.15, 0.2) is 0 Å². The lowest BCUT2D eigenvalue weighted by molar-refractivity contribution is 0.832. The van der Waals surface area contributed by atoms with Gasteiger partial charge in [-0.1, -0.05) is 0 Å². The van der Waals surface area contributed by atoms with Crippen molar-refractivity contribution < 1.29 is 0 Å². The number of nitrogens with zero attached hydrogens (tertiary/aromatic N) is 5. The second kappa shape index (κ2) is 5.92. The molecule has 20 heavy (non-hydrogen) atoms. The third kappa shape index (κ3) is 3.01. The van der Waals surface area contributed by atoms with Gasteiger partial charge in [0.05, 0.1) is 4.47 Å². The van der Waals surface area contributed by atoms with E-state index in [0.29, 0.717) is 11.1 Å². The zero-order valence-corrected chi connectivity index (χ0v) is 13.1. The number of rotatable bonds is 3. The highest BCUT2D eigenvalue weighted by molar-refractivity contribution is 9.10. The van der Waals surface area contributed by atoms with Crippen LogP contribution in [0.3, 0.4) is 0 Å². The minimum atomic E-state index is 0.247. The Balaban J connectivity index is 1.88. The van der Waals surface area contributed by atoms with Crippen LogP contribution in [0.5, 0.6) is 0 Å². The molecule has 104 valence electrons. The molecule has 0 radical (unpaired) electrons. The Hall–Kier alpha value is -1.41. The maximum Gasteiger partial charge on any atom is 0.231 e. The van der Waals surface area contributed by atoms with E-state index in [4.69, 9.17) is 5.73 Å². The average Bonchev–Trinajstić information content (AvgIpc) is 2.95. The molecule has 0 atom stereocenters. The van der Waals surface area contributed by atoms with Gasteiger partial charge in [0.1, 0.15) is 5.03 Å². The minimum absolute atomic E-state index is 0.247. The summed E-state index contributed by atoms with van der Waals surface area (Å²) in [5, 5.41) is 1.38. The van der Waals surface area contributed by atoms with Gasteiger partial charge in [0.2, 0.25) is 17.1 Å². The van der Waals surface area contributed by atoms with E-state index in [2.05, 4.69) is 40.8 Å². The molecule has 8 heteroatoms. The first-order valence-corrected chi connectivity index (χ1v) is 7.88. The first-order valence-electron chi connectivity index (χ1n) is 6.27. The van der Waals surface area contributed by atoms with Gasteiger partial charge in [-0.15, -0.1) is 0 Å². The van der Waals surface area contributed by atoms with Crippen molar-refractivity contribution in [3.05, 3.63) is 22.8 Å². The number of hydrogen-bond donors (Lipinski definition) is 1. The van der Waals surface area contributed by atoms with Gasteiger partial charge in [-0.2, -0.15) is 15.0 Å². The molecule has 0 unspecified atom stereocenters. The highest BCUT2D eigenvalue weighted by Crippen LogP contribution is 2.30. The fraction of sp³-hybridized carbons (Fsp3) is 0.333. The standard InChI is InChI=1S/C12H13BrN6S/c13-8-4-3-5-15-9(8)20-12-17-10(14)16-11(18-12)19-6-1-2-7-19/h3-5H,1-2,6-7H2,(H2,14,16,17,18). The van der Waals surface area contributed by atoms with Crippen LogP contribution in [0.25, 0.3) is 0 Å². The zero-order valence-electron chi connectivity index (χ0n) is 10.7. The zero-order chi connectivity index (χ0) is 13.9. The Morgan fingerprint density at radius 2 is 2.00 bits per heavy atom. The van der Waals surface area contributed by atoms with Crippen molar-refractivity contribution in [3.63, 3.8) is 0 Å². The predicted molar refractivity (Wildman–Crippen MR) is 81.7 cm³/mol. The van der Waals surface area contributed by atoms with Gasteiger partial charge in [-0.3, -0.25) is 0 Å². The number of aromatic nitrogens is 4. The summed E-state index contributed by atoms with van der Waals surface area (Å²) in [5.41, 5.74) is 5.78. The van der Waals surface area contributed by atoms with Crippen LogP contribution >= 0.6 is 27.7 Å². The van der Waals surface area contributed by atoms with Crippen LogP contribution in [0.2, 0.25) is 0 Å². The molecule has 6 nitrogen and oxygen atoms in total. The molecule has 3 heterocycles. The summed E-state index contributed by atoms with van der Waals surface area (Å²) in [6.07, 6.45) is 4.07. The van der Waals surface area contributed by atoms with Crippen molar-refractivity contribution in [1.82, 2.24) is 19.9 Å². The van der Waals surface area contributed by atoms with Gasteiger partial charge >= 0.3 is 0 Å². The quantitative estimate of drug-likeness (QED) is 0.907. The number of pyridine rings is 1. The van der Waals surface area contributed by atoms with E-state index in [1.165, 1.54) is 24.6 Å². The molecular weight excluding hydrogens is 340 g/mol. The minimum Gasteiger partial charge on any atom is -0.368 e. The lowest BCUT2D eigenvalue weighted by atomic mass is 10.4. The van der Waals surface area contributed by atoms with E-state index >= 15 is 0 Å². The molecule has 1 fully saturated rings. The van der Waals surface area contributed by atoms with E-state index in [9.17, 15) is 0 Å². The number of nitrogens with two attached hydrogens (primary N) is 1. The third-order valence-corrected chi connectivity index (χ3v) is 4.71. The van der Waals surface area contributed by atoms with Crippen molar-refractivity contribution in [2.24, 2.45) is 0 Å². The highest BCUT2D eigenvalue weighted by Gasteiger charge is 2.17. The molecule has 1 saturated heterocycles. The fourth-order valence-corrected chi connectivity index (χ4v) is 3.21. The second-order valence-corrected chi connectivity index (χ2v) is 6.17. The number of nitrogen functional groups attached to an aromatic ring is 1. The summed E-state index contributed by atoms with van der Waals surface area (Å²) < 4.78 is 0.909. The first-order chi connectivity index (χ1) is 9.72. The van der Waals surface area contributed by atoms with Crippen LogP contribution in [-0.2, 0) is 0 Å². The molecular formula is C12H13BrN6S. The van der Waals surface area contributed by atoms with E-state index in [1.807, 2.05) is 12.1 Å². The average molecular weight is 353 g/mol. The fourth-order valence-electron chi connectivity index (χ4n) is 2.00. The van der Waals surface area contributed by atoms with Crippen LogP contribution in [0, 0.1) is 0 Å². The smallest absolute Gasteiger partial charge is 0.231 e. The third-order valence-electron chi connectivity index (χ3n) is 2.92. The maximum atomic E-state index is 5.78. The van der Waals surface area contributed by atoms with Crippen LogP contribution in [0.1, 0.15) is 12.8 Å². The van der Waals surface area contributed by atoms with Crippen molar-refractivity contribution >= 4 is 39.6 Å². The normalized spacial score (nSPS) is 14.8. The lowest BCUT2D eigenvalue weighted by Crippen LogP contribution is -2.21. The Morgan fingerprint density at radius 3 is 2.75 bits per heavy atom. The van der Waals surface area contributed by atoms with Crippen molar-refractivity contribution in [1.29, 1.82) is 0 Å². The van der Waals surface area contributed by atoms with Gasteiger partial charge in [-0.25, -0.2) is 4.98 Å². The Kier molecular flexibility index (Phi) is 4.02. The van der Waals surface area contributed by atoms with E-state index in [0.717, 1.165) is 22.6 Å². The summed E-state index contributed by atoms with van der Waals surface area (Å²) >= 11 is 4.84. The molecule has 1 aliphatic heterocycles. The Labute approximate surface area is 129 Å². The van der Waals surface area contributed by atoms with Crippen LogP contribution < -0.4 is 10.6 Å². The largest absolute Gasteiger partial charge is 0.368 e. The molecule has 0 spiro atoms. The highest BCUT2D eigenvalue weighted by atomic mass is 79.9. The van der Waals surface area contributed by atoms with Crippen molar-refractivity contribution in [3.8, 4) is 0 Å². The van der Waals surface area contributed by atoms with Gasteiger partial charge in [0, 0.05) is 19.3 Å². The summed E-state index contributed by atoms with van der Waals surface area (Å²) in [6, 6.07) is 3.80. The summed E-state index contributed by atoms with van der Waals surface area (Å²) in [4.78, 5) is 19.3.